The van der Waals surface area contributed by atoms with Crippen LogP contribution < -0.4 is 10.6 Å². The van der Waals surface area contributed by atoms with Crippen LogP contribution in [0.1, 0.15) is 10.4 Å². The summed E-state index contributed by atoms with van der Waals surface area (Å²) in [7, 11) is 0. The van der Waals surface area contributed by atoms with E-state index in [9.17, 15) is 19.7 Å². The number of carbonyl (C=O) groups is 2. The van der Waals surface area contributed by atoms with Gasteiger partial charge in [0.1, 0.15) is 0 Å². The van der Waals surface area contributed by atoms with Crippen molar-refractivity contribution in [3.63, 3.8) is 0 Å². The molecule has 2 aromatic rings. The Morgan fingerprint density at radius 1 is 1.05 bits per heavy atom. The molecule has 0 spiro atoms. The molecule has 0 radical (unpaired) electrons. The number of nitrogens with one attached hydrogen (secondary N) is 2. The van der Waals surface area contributed by atoms with Gasteiger partial charge in [-0.1, -0.05) is 18.2 Å². The Labute approximate surface area is 124 Å². The minimum Gasteiger partial charge on any atom is -0.478 e. The highest BCUT2D eigenvalue weighted by Crippen LogP contribution is 2.23. The lowest BCUT2D eigenvalue weighted by Gasteiger charge is -2.09. The number of para-hydroxylation sites is 1. The number of nitro benzene ring substituents is 1. The van der Waals surface area contributed by atoms with Gasteiger partial charge in [0.05, 0.1) is 16.2 Å². The van der Waals surface area contributed by atoms with Crippen molar-refractivity contribution < 1.29 is 19.6 Å². The van der Waals surface area contributed by atoms with E-state index in [0.29, 0.717) is 5.69 Å². The van der Waals surface area contributed by atoms with Crippen molar-refractivity contribution in [2.75, 3.05) is 10.6 Å². The van der Waals surface area contributed by atoms with Gasteiger partial charge in [0, 0.05) is 17.8 Å². The summed E-state index contributed by atoms with van der Waals surface area (Å²) in [5, 5.41) is 24.6. The third-order valence-corrected chi connectivity index (χ3v) is 2.72. The van der Waals surface area contributed by atoms with Crippen LogP contribution in [0.2, 0.25) is 0 Å². The zero-order valence-electron chi connectivity index (χ0n) is 11.1. The molecule has 0 atom stereocenters. The molecule has 0 unspecified atom stereocenters. The average Bonchev–Trinajstić information content (AvgIpc) is 2.47. The largest absolute Gasteiger partial charge is 0.478 e. The maximum Gasteiger partial charge on any atom is 0.337 e. The van der Waals surface area contributed by atoms with Crippen molar-refractivity contribution in [1.29, 1.82) is 0 Å². The Hall–Kier alpha value is -3.42. The summed E-state index contributed by atoms with van der Waals surface area (Å²) in [4.78, 5) is 33.0. The molecule has 0 aliphatic rings. The summed E-state index contributed by atoms with van der Waals surface area (Å²) in [5.41, 5.74) is -0.216. The van der Waals surface area contributed by atoms with Gasteiger partial charge in [-0.15, -0.1) is 0 Å². The van der Waals surface area contributed by atoms with E-state index in [4.69, 9.17) is 5.11 Å². The molecular weight excluding hydrogens is 290 g/mol. The third-order valence-electron chi connectivity index (χ3n) is 2.72. The van der Waals surface area contributed by atoms with E-state index in [1.54, 1.807) is 30.3 Å². The van der Waals surface area contributed by atoms with Crippen molar-refractivity contribution in [1.82, 2.24) is 0 Å². The lowest BCUT2D eigenvalue weighted by atomic mass is 10.1. The van der Waals surface area contributed by atoms with E-state index < -0.39 is 16.9 Å². The number of benzene rings is 2. The molecule has 3 N–H and O–H groups in total. The zero-order chi connectivity index (χ0) is 16.1. The molecule has 112 valence electrons. The van der Waals surface area contributed by atoms with Crippen LogP contribution in [0.4, 0.5) is 21.9 Å². The van der Waals surface area contributed by atoms with Crippen LogP contribution in [0.25, 0.3) is 0 Å². The third kappa shape index (κ3) is 3.57. The monoisotopic (exact) mass is 301 g/mol. The molecule has 0 aliphatic heterocycles. The lowest BCUT2D eigenvalue weighted by Crippen LogP contribution is -2.21. The van der Waals surface area contributed by atoms with Crippen molar-refractivity contribution >= 4 is 29.1 Å². The quantitative estimate of drug-likeness (QED) is 0.592. The molecule has 2 amide bonds. The van der Waals surface area contributed by atoms with Gasteiger partial charge in [0.15, 0.2) is 0 Å². The molecule has 0 heterocycles. The number of carboxylic acids is 1. The Morgan fingerprint density at radius 3 is 2.32 bits per heavy atom. The van der Waals surface area contributed by atoms with Gasteiger partial charge in [0.2, 0.25) is 0 Å². The SMILES string of the molecule is O=C(Nc1ccccc1)Nc1cc([N+](=O)[O-])ccc1C(=O)O. The van der Waals surface area contributed by atoms with Crippen molar-refractivity contribution in [3.05, 3.63) is 64.2 Å². The average molecular weight is 301 g/mol. The molecule has 0 saturated heterocycles. The topological polar surface area (TPSA) is 122 Å². The second-order valence-corrected chi connectivity index (χ2v) is 4.24. The Bertz CT molecular complexity index is 731. The highest BCUT2D eigenvalue weighted by Gasteiger charge is 2.17. The van der Waals surface area contributed by atoms with Crippen LogP contribution in [0, 0.1) is 10.1 Å². The van der Waals surface area contributed by atoms with Gasteiger partial charge < -0.3 is 15.7 Å². The number of carboxylic acid groups (broad SMARTS) is 1. The number of urea groups is 1. The number of amides is 2. The molecule has 22 heavy (non-hydrogen) atoms. The first-order valence-corrected chi connectivity index (χ1v) is 6.12. The van der Waals surface area contributed by atoms with Gasteiger partial charge >= 0.3 is 12.0 Å². The van der Waals surface area contributed by atoms with Crippen LogP contribution in [0.15, 0.2) is 48.5 Å². The number of hydrogen-bond acceptors (Lipinski definition) is 4. The van der Waals surface area contributed by atoms with Crippen LogP contribution in [0.5, 0.6) is 0 Å². The molecule has 0 aliphatic carbocycles. The van der Waals surface area contributed by atoms with E-state index in [0.717, 1.165) is 18.2 Å². The fraction of sp³-hybridized carbons (Fsp3) is 0. The van der Waals surface area contributed by atoms with Crippen LogP contribution in [-0.2, 0) is 0 Å². The second-order valence-electron chi connectivity index (χ2n) is 4.24. The number of nitro groups is 1. The number of anilines is 2. The van der Waals surface area contributed by atoms with E-state index >= 15 is 0 Å². The summed E-state index contributed by atoms with van der Waals surface area (Å²) in [6.45, 7) is 0. The number of rotatable bonds is 4. The summed E-state index contributed by atoms with van der Waals surface area (Å²) < 4.78 is 0. The Kier molecular flexibility index (Phi) is 4.33. The van der Waals surface area contributed by atoms with Crippen LogP contribution in [-0.4, -0.2) is 22.0 Å². The van der Waals surface area contributed by atoms with E-state index in [1.807, 2.05) is 0 Å². The molecule has 8 nitrogen and oxygen atoms in total. The second kappa shape index (κ2) is 6.35. The molecule has 0 fully saturated rings. The molecule has 0 saturated carbocycles. The van der Waals surface area contributed by atoms with Gasteiger partial charge in [0.25, 0.3) is 5.69 Å². The molecular formula is C14H11N3O5. The molecule has 0 aromatic heterocycles. The van der Waals surface area contributed by atoms with E-state index in [-0.39, 0.29) is 16.9 Å². The van der Waals surface area contributed by atoms with Crippen molar-refractivity contribution in [2.45, 2.75) is 0 Å². The van der Waals surface area contributed by atoms with Crippen molar-refractivity contribution in [3.8, 4) is 0 Å². The number of aromatic carboxylic acids is 1. The number of nitrogens with zero attached hydrogens (tertiary/aromatic N) is 1. The number of non-ortho nitro benzene ring substituents is 1. The van der Waals surface area contributed by atoms with Gasteiger partial charge in [-0.2, -0.15) is 0 Å². The summed E-state index contributed by atoms with van der Waals surface area (Å²) in [5.74, 6) is -1.30. The minimum atomic E-state index is -1.30. The fourth-order valence-corrected chi connectivity index (χ4v) is 1.74. The van der Waals surface area contributed by atoms with Gasteiger partial charge in [-0.3, -0.25) is 10.1 Å². The Balaban J connectivity index is 2.23. The fourth-order valence-electron chi connectivity index (χ4n) is 1.74. The summed E-state index contributed by atoms with van der Waals surface area (Å²) >= 11 is 0. The normalized spacial score (nSPS) is 9.82. The van der Waals surface area contributed by atoms with Crippen LogP contribution >= 0.6 is 0 Å². The highest BCUT2D eigenvalue weighted by molar-refractivity contribution is 6.04. The number of carbonyl (C=O) groups excluding carboxylic acids is 1. The molecule has 0 bridgehead atoms. The lowest BCUT2D eigenvalue weighted by molar-refractivity contribution is -0.384. The first-order valence-electron chi connectivity index (χ1n) is 6.12. The summed E-state index contributed by atoms with van der Waals surface area (Å²) in [6.07, 6.45) is 0. The minimum absolute atomic E-state index is 0.157. The van der Waals surface area contributed by atoms with Crippen molar-refractivity contribution in [2.24, 2.45) is 0 Å². The molecule has 8 heteroatoms. The number of hydrogen-bond donors (Lipinski definition) is 3. The van der Waals surface area contributed by atoms with Crippen LogP contribution in [0.3, 0.4) is 0 Å². The highest BCUT2D eigenvalue weighted by atomic mass is 16.6. The smallest absolute Gasteiger partial charge is 0.337 e. The molecule has 2 aromatic carbocycles. The maximum absolute atomic E-state index is 11.9. The van der Waals surface area contributed by atoms with Gasteiger partial charge in [-0.25, -0.2) is 9.59 Å². The van der Waals surface area contributed by atoms with E-state index in [1.165, 1.54) is 0 Å². The first-order chi connectivity index (χ1) is 10.5. The predicted molar refractivity (Wildman–Crippen MR) is 79.1 cm³/mol. The predicted octanol–water partition coefficient (Wildman–Crippen LogP) is 2.94. The Morgan fingerprint density at radius 2 is 1.73 bits per heavy atom. The van der Waals surface area contributed by atoms with E-state index in [2.05, 4.69) is 10.6 Å². The van der Waals surface area contributed by atoms with Gasteiger partial charge in [-0.05, 0) is 18.2 Å². The summed E-state index contributed by atoms with van der Waals surface area (Å²) in [6, 6.07) is 10.9. The molecule has 2 rings (SSSR count). The standard InChI is InChI=1S/C14H11N3O5/c18-13(19)11-7-6-10(17(21)22)8-12(11)16-14(20)15-9-4-2-1-3-5-9/h1-8H,(H,18,19)(H2,15,16,20). The zero-order valence-corrected chi connectivity index (χ0v) is 11.1. The maximum atomic E-state index is 11.9. The first kappa shape index (κ1) is 15.0.